The third kappa shape index (κ3) is 5.93. The van der Waals surface area contributed by atoms with Crippen LogP contribution in [0.3, 0.4) is 0 Å². The van der Waals surface area contributed by atoms with Gasteiger partial charge in [0, 0.05) is 28.3 Å². The van der Waals surface area contributed by atoms with Gasteiger partial charge in [-0.25, -0.2) is 5.43 Å². The van der Waals surface area contributed by atoms with Crippen molar-refractivity contribution in [3.63, 3.8) is 0 Å². The summed E-state index contributed by atoms with van der Waals surface area (Å²) in [4.78, 5) is 25.1. The molecule has 0 unspecified atom stereocenters. The normalized spacial score (nSPS) is 13.9. The molecule has 1 heterocycles. The van der Waals surface area contributed by atoms with Gasteiger partial charge in [-0.3, -0.25) is 9.59 Å². The molecule has 1 aromatic heterocycles. The van der Waals surface area contributed by atoms with E-state index < -0.39 is 11.8 Å². The highest BCUT2D eigenvalue weighted by Gasteiger charge is 2.28. The lowest BCUT2D eigenvalue weighted by Gasteiger charge is -2.13. The summed E-state index contributed by atoms with van der Waals surface area (Å²) in [5.74, 6) is 0.261. The van der Waals surface area contributed by atoms with E-state index in [0.717, 1.165) is 12.0 Å². The van der Waals surface area contributed by atoms with Crippen LogP contribution in [0.1, 0.15) is 40.3 Å². The van der Waals surface area contributed by atoms with Crippen molar-refractivity contribution < 1.29 is 18.7 Å². The van der Waals surface area contributed by atoms with E-state index in [1.54, 1.807) is 37.3 Å². The maximum absolute atomic E-state index is 12.9. The number of fused-ring (bicyclic) bond motifs is 1. The summed E-state index contributed by atoms with van der Waals surface area (Å²) in [6.45, 7) is 1.49. The largest absolute Gasteiger partial charge is 0.482 e. The monoisotopic (exact) mass is 553 g/mol. The molecule has 3 aromatic rings. The number of hydrogen-bond donors (Lipinski definition) is 2. The number of anilines is 1. The van der Waals surface area contributed by atoms with E-state index in [0.29, 0.717) is 61.4 Å². The van der Waals surface area contributed by atoms with Gasteiger partial charge in [0.15, 0.2) is 12.4 Å². The fourth-order valence-corrected chi connectivity index (χ4v) is 4.42. The second-order valence-electron chi connectivity index (χ2n) is 7.75. The van der Waals surface area contributed by atoms with Crippen molar-refractivity contribution in [3.05, 3.63) is 79.1 Å². The Labute approximate surface area is 221 Å². The van der Waals surface area contributed by atoms with Crippen LogP contribution >= 0.6 is 46.4 Å². The van der Waals surface area contributed by atoms with Crippen LogP contribution in [-0.2, 0) is 11.2 Å². The van der Waals surface area contributed by atoms with Crippen molar-refractivity contribution in [3.8, 4) is 5.75 Å². The lowest BCUT2D eigenvalue weighted by atomic mass is 9.93. The average molecular weight is 555 g/mol. The number of rotatable bonds is 6. The number of hydrazone groups is 1. The minimum atomic E-state index is -0.464. The second-order valence-corrected chi connectivity index (χ2v) is 9.41. The lowest BCUT2D eigenvalue weighted by Crippen LogP contribution is -2.27. The molecule has 2 amide bonds. The van der Waals surface area contributed by atoms with Gasteiger partial charge < -0.3 is 14.5 Å². The maximum Gasteiger partial charge on any atom is 0.291 e. The highest BCUT2D eigenvalue weighted by molar-refractivity contribution is 6.42. The Kier molecular flexibility index (Phi) is 7.91. The molecule has 0 aliphatic heterocycles. The van der Waals surface area contributed by atoms with Gasteiger partial charge in [0.25, 0.3) is 11.8 Å². The van der Waals surface area contributed by atoms with Crippen molar-refractivity contribution in [1.82, 2.24) is 5.43 Å². The number of furan rings is 1. The summed E-state index contributed by atoms with van der Waals surface area (Å²) in [5.41, 5.74) is 4.96. The molecule has 0 spiro atoms. The van der Waals surface area contributed by atoms with E-state index in [-0.39, 0.29) is 12.4 Å². The predicted octanol–water partition coefficient (Wildman–Crippen LogP) is 6.69. The van der Waals surface area contributed by atoms with E-state index in [1.807, 2.05) is 0 Å². The standard InChI is InChI=1S/C24H19Cl4N3O4/c1-12-22-18(30-31-21(32)11-34-19-8-5-13(25)9-17(19)28)3-2-4-20(22)35-23(12)24(33)29-14-6-7-15(26)16(27)10-14/h5-10H,2-4,11H2,1H3,(H,29,33)(H,31,32)/b30-18+. The molecule has 35 heavy (non-hydrogen) atoms. The third-order valence-corrected chi connectivity index (χ3v) is 6.55. The first kappa shape index (κ1) is 25.4. The van der Waals surface area contributed by atoms with E-state index >= 15 is 0 Å². The van der Waals surface area contributed by atoms with Crippen LogP contribution in [0.5, 0.6) is 5.75 Å². The van der Waals surface area contributed by atoms with Gasteiger partial charge in [0.2, 0.25) is 0 Å². The zero-order chi connectivity index (χ0) is 25.1. The molecule has 0 saturated heterocycles. The minimum Gasteiger partial charge on any atom is -0.482 e. The van der Waals surface area contributed by atoms with Crippen molar-refractivity contribution in [1.29, 1.82) is 0 Å². The summed E-state index contributed by atoms with van der Waals surface area (Å²) in [6.07, 6.45) is 2.03. The molecule has 0 radical (unpaired) electrons. The minimum absolute atomic E-state index is 0.169. The molecular weight excluding hydrogens is 536 g/mol. The molecule has 1 aliphatic rings. The van der Waals surface area contributed by atoms with Crippen molar-refractivity contribution in [2.24, 2.45) is 5.10 Å². The molecule has 0 fully saturated rings. The Morgan fingerprint density at radius 1 is 1.03 bits per heavy atom. The average Bonchev–Trinajstić information content (AvgIpc) is 3.17. The summed E-state index contributed by atoms with van der Waals surface area (Å²) < 4.78 is 11.3. The third-order valence-electron chi connectivity index (χ3n) is 5.28. The molecule has 7 nitrogen and oxygen atoms in total. The highest BCUT2D eigenvalue weighted by atomic mass is 35.5. The first-order valence-corrected chi connectivity index (χ1v) is 12.1. The zero-order valence-electron chi connectivity index (χ0n) is 18.4. The van der Waals surface area contributed by atoms with Crippen LogP contribution in [0.4, 0.5) is 5.69 Å². The predicted molar refractivity (Wildman–Crippen MR) is 137 cm³/mol. The van der Waals surface area contributed by atoms with Crippen molar-refractivity contribution in [2.45, 2.75) is 26.2 Å². The van der Waals surface area contributed by atoms with Crippen LogP contribution in [0.2, 0.25) is 20.1 Å². The number of amides is 2. The molecule has 4 rings (SSSR count). The highest BCUT2D eigenvalue weighted by Crippen LogP contribution is 2.31. The van der Waals surface area contributed by atoms with Gasteiger partial charge in [-0.1, -0.05) is 46.4 Å². The summed E-state index contributed by atoms with van der Waals surface area (Å²) >= 11 is 23.9. The van der Waals surface area contributed by atoms with Gasteiger partial charge in [-0.05, 0) is 56.2 Å². The molecule has 1 aliphatic carbocycles. The van der Waals surface area contributed by atoms with Gasteiger partial charge in [0.1, 0.15) is 11.5 Å². The molecule has 0 saturated carbocycles. The summed E-state index contributed by atoms with van der Waals surface area (Å²) in [7, 11) is 0. The fraction of sp³-hybridized carbons (Fsp3) is 0.208. The smallest absolute Gasteiger partial charge is 0.291 e. The first-order valence-electron chi connectivity index (χ1n) is 10.5. The van der Waals surface area contributed by atoms with Gasteiger partial charge in [-0.2, -0.15) is 5.10 Å². The Morgan fingerprint density at radius 3 is 2.57 bits per heavy atom. The van der Waals surface area contributed by atoms with Gasteiger partial charge in [0.05, 0.1) is 20.8 Å². The summed E-state index contributed by atoms with van der Waals surface area (Å²) in [6, 6.07) is 9.51. The number of hydrogen-bond acceptors (Lipinski definition) is 5. The zero-order valence-corrected chi connectivity index (χ0v) is 21.4. The summed E-state index contributed by atoms with van der Waals surface area (Å²) in [5, 5.41) is 8.51. The van der Waals surface area contributed by atoms with E-state index in [4.69, 9.17) is 55.6 Å². The van der Waals surface area contributed by atoms with Crippen LogP contribution in [-0.4, -0.2) is 24.1 Å². The van der Waals surface area contributed by atoms with Crippen molar-refractivity contribution in [2.75, 3.05) is 11.9 Å². The number of nitrogens with one attached hydrogen (secondary N) is 2. The number of aryl methyl sites for hydroxylation is 1. The molecule has 182 valence electrons. The lowest BCUT2D eigenvalue weighted by molar-refractivity contribution is -0.123. The number of nitrogens with zero attached hydrogens (tertiary/aromatic N) is 1. The van der Waals surface area contributed by atoms with Gasteiger partial charge >= 0.3 is 0 Å². The quantitative estimate of drug-likeness (QED) is 0.332. The molecule has 0 bridgehead atoms. The van der Waals surface area contributed by atoms with Crippen LogP contribution in [0.25, 0.3) is 0 Å². The fourth-order valence-electron chi connectivity index (χ4n) is 3.66. The Bertz CT molecular complexity index is 1340. The van der Waals surface area contributed by atoms with Crippen LogP contribution < -0.4 is 15.5 Å². The molecule has 2 aromatic carbocycles. The van der Waals surface area contributed by atoms with Gasteiger partial charge in [-0.15, -0.1) is 0 Å². The molecule has 0 atom stereocenters. The number of benzene rings is 2. The maximum atomic E-state index is 12.9. The number of ether oxygens (including phenoxy) is 1. The second kappa shape index (κ2) is 10.9. The van der Waals surface area contributed by atoms with Crippen LogP contribution in [0.15, 0.2) is 45.9 Å². The van der Waals surface area contributed by atoms with Crippen LogP contribution in [0, 0.1) is 6.92 Å². The SMILES string of the molecule is Cc1c(C(=O)Nc2ccc(Cl)c(Cl)c2)oc2c1/C(=N/NC(=O)COc1ccc(Cl)cc1Cl)CCC2. The van der Waals surface area contributed by atoms with E-state index in [1.165, 1.54) is 6.07 Å². The molecule has 2 N–H and O–H groups in total. The van der Waals surface area contributed by atoms with Crippen molar-refractivity contribution >= 4 is 69.6 Å². The first-order chi connectivity index (χ1) is 16.7. The Balaban J connectivity index is 1.45. The number of carbonyl (C=O) groups is 2. The Morgan fingerprint density at radius 2 is 1.83 bits per heavy atom. The Hall–Kier alpha value is -2.71. The topological polar surface area (TPSA) is 92.9 Å². The number of halogens is 4. The van der Waals surface area contributed by atoms with E-state index in [9.17, 15) is 9.59 Å². The molecular formula is C24H19Cl4N3O4. The van der Waals surface area contributed by atoms with E-state index in [2.05, 4.69) is 15.8 Å². The molecule has 11 heteroatoms. The number of carbonyl (C=O) groups excluding carboxylic acids is 2.